The molecule has 0 spiro atoms. The van der Waals surface area contributed by atoms with E-state index in [1.54, 1.807) is 0 Å². The van der Waals surface area contributed by atoms with Gasteiger partial charge in [-0.2, -0.15) is 0 Å². The zero-order chi connectivity index (χ0) is 14.4. The lowest BCUT2D eigenvalue weighted by atomic mass is 9.76. The topological polar surface area (TPSA) is 12.0 Å². The molecule has 0 heterocycles. The Kier molecular flexibility index (Phi) is 6.09. The predicted molar refractivity (Wildman–Crippen MR) is 88.1 cm³/mol. The summed E-state index contributed by atoms with van der Waals surface area (Å²) in [5.74, 6) is 1.90. The monoisotopic (exact) mass is 273 g/mol. The zero-order valence-corrected chi connectivity index (χ0v) is 13.5. The summed E-state index contributed by atoms with van der Waals surface area (Å²) in [5.41, 5.74) is 2.96. The van der Waals surface area contributed by atoms with Gasteiger partial charge in [-0.15, -0.1) is 0 Å². The highest BCUT2D eigenvalue weighted by Crippen LogP contribution is 2.33. The Morgan fingerprint density at radius 3 is 2.45 bits per heavy atom. The van der Waals surface area contributed by atoms with E-state index in [1.807, 2.05) is 0 Å². The molecule has 1 nitrogen and oxygen atoms in total. The van der Waals surface area contributed by atoms with Crippen LogP contribution in [-0.4, -0.2) is 13.1 Å². The van der Waals surface area contributed by atoms with Gasteiger partial charge in [0, 0.05) is 6.04 Å². The van der Waals surface area contributed by atoms with Crippen LogP contribution in [0.15, 0.2) is 24.3 Å². The Morgan fingerprint density at radius 1 is 1.15 bits per heavy atom. The van der Waals surface area contributed by atoms with Crippen LogP contribution >= 0.6 is 0 Å². The van der Waals surface area contributed by atoms with Crippen molar-refractivity contribution in [2.24, 2.45) is 11.8 Å². The summed E-state index contributed by atoms with van der Waals surface area (Å²) in [6.45, 7) is 4.58. The van der Waals surface area contributed by atoms with Crippen LogP contribution in [0.3, 0.4) is 0 Å². The minimum absolute atomic E-state index is 0.701. The van der Waals surface area contributed by atoms with Crippen LogP contribution in [0.25, 0.3) is 0 Å². The molecule has 112 valence electrons. The summed E-state index contributed by atoms with van der Waals surface area (Å²) in [4.78, 5) is 0. The highest BCUT2D eigenvalue weighted by molar-refractivity contribution is 5.25. The van der Waals surface area contributed by atoms with E-state index in [-0.39, 0.29) is 0 Å². The largest absolute Gasteiger partial charge is 0.317 e. The van der Waals surface area contributed by atoms with E-state index in [2.05, 4.69) is 50.5 Å². The number of nitrogens with one attached hydrogen (secondary N) is 1. The van der Waals surface area contributed by atoms with Gasteiger partial charge in [0.05, 0.1) is 0 Å². The molecule has 0 saturated heterocycles. The molecule has 20 heavy (non-hydrogen) atoms. The molecule has 0 aliphatic heterocycles. The molecule has 1 unspecified atom stereocenters. The Hall–Kier alpha value is -0.820. The van der Waals surface area contributed by atoms with Crippen molar-refractivity contribution in [3.63, 3.8) is 0 Å². The lowest BCUT2D eigenvalue weighted by molar-refractivity contribution is 0.216. The molecule has 1 aromatic carbocycles. The van der Waals surface area contributed by atoms with Crippen molar-refractivity contribution >= 4 is 0 Å². The number of aryl methyl sites for hydroxylation is 2. The molecule has 0 bridgehead atoms. The first-order valence-electron chi connectivity index (χ1n) is 8.46. The summed E-state index contributed by atoms with van der Waals surface area (Å²) >= 11 is 0. The summed E-state index contributed by atoms with van der Waals surface area (Å²) in [6.07, 6.45) is 9.62. The molecule has 1 fully saturated rings. The Bertz CT molecular complexity index is 391. The van der Waals surface area contributed by atoms with Crippen LogP contribution < -0.4 is 5.32 Å². The molecular formula is C19H31N. The predicted octanol–water partition coefficient (Wildman–Crippen LogP) is 4.73. The van der Waals surface area contributed by atoms with Gasteiger partial charge in [-0.3, -0.25) is 0 Å². The fourth-order valence-corrected chi connectivity index (χ4v) is 3.82. The Morgan fingerprint density at radius 2 is 1.85 bits per heavy atom. The van der Waals surface area contributed by atoms with Crippen LogP contribution in [-0.2, 0) is 6.42 Å². The van der Waals surface area contributed by atoms with Gasteiger partial charge in [-0.25, -0.2) is 0 Å². The van der Waals surface area contributed by atoms with Gasteiger partial charge in [0.1, 0.15) is 0 Å². The summed E-state index contributed by atoms with van der Waals surface area (Å²) in [7, 11) is 2.15. The van der Waals surface area contributed by atoms with Crippen molar-refractivity contribution in [3.8, 4) is 0 Å². The minimum atomic E-state index is 0.701. The molecular weight excluding hydrogens is 242 g/mol. The van der Waals surface area contributed by atoms with Crippen LogP contribution in [0.2, 0.25) is 0 Å². The van der Waals surface area contributed by atoms with Gasteiger partial charge in [-0.05, 0) is 62.6 Å². The van der Waals surface area contributed by atoms with E-state index < -0.39 is 0 Å². The van der Waals surface area contributed by atoms with E-state index in [4.69, 9.17) is 0 Å². The Labute approximate surface area is 125 Å². The second-order valence-electron chi connectivity index (χ2n) is 6.55. The van der Waals surface area contributed by atoms with Crippen LogP contribution in [0.1, 0.15) is 56.6 Å². The zero-order valence-electron chi connectivity index (χ0n) is 13.5. The van der Waals surface area contributed by atoms with E-state index in [9.17, 15) is 0 Å². The van der Waals surface area contributed by atoms with Gasteiger partial charge in [-0.1, -0.05) is 50.5 Å². The van der Waals surface area contributed by atoms with Crippen molar-refractivity contribution in [1.29, 1.82) is 0 Å². The van der Waals surface area contributed by atoms with E-state index in [0.717, 1.165) is 11.8 Å². The molecule has 0 aromatic heterocycles. The van der Waals surface area contributed by atoms with E-state index >= 15 is 0 Å². The molecule has 1 N–H and O–H groups in total. The van der Waals surface area contributed by atoms with Crippen molar-refractivity contribution in [3.05, 3.63) is 35.4 Å². The fourth-order valence-electron chi connectivity index (χ4n) is 3.82. The molecule has 0 radical (unpaired) electrons. The van der Waals surface area contributed by atoms with Gasteiger partial charge in [0.15, 0.2) is 0 Å². The van der Waals surface area contributed by atoms with Gasteiger partial charge >= 0.3 is 0 Å². The molecule has 0 amide bonds. The van der Waals surface area contributed by atoms with E-state index in [1.165, 1.54) is 56.1 Å². The quantitative estimate of drug-likeness (QED) is 0.790. The maximum atomic E-state index is 3.59. The van der Waals surface area contributed by atoms with Gasteiger partial charge in [0.25, 0.3) is 0 Å². The molecule has 1 heteroatoms. The average Bonchev–Trinajstić information content (AvgIpc) is 2.50. The maximum absolute atomic E-state index is 3.59. The molecule has 1 atom stereocenters. The Balaban J connectivity index is 1.85. The molecule has 2 rings (SSSR count). The summed E-state index contributed by atoms with van der Waals surface area (Å²) < 4.78 is 0. The third-order valence-corrected chi connectivity index (χ3v) is 5.39. The number of hydrogen-bond donors (Lipinski definition) is 1. The van der Waals surface area contributed by atoms with Crippen molar-refractivity contribution in [2.75, 3.05) is 7.05 Å². The summed E-state index contributed by atoms with van der Waals surface area (Å²) in [6, 6.07) is 9.53. The first kappa shape index (κ1) is 15.6. The van der Waals surface area contributed by atoms with Crippen molar-refractivity contribution in [2.45, 2.75) is 64.8 Å². The summed E-state index contributed by atoms with van der Waals surface area (Å²) in [5, 5.41) is 3.59. The van der Waals surface area contributed by atoms with Gasteiger partial charge in [0.2, 0.25) is 0 Å². The third kappa shape index (κ3) is 4.09. The third-order valence-electron chi connectivity index (χ3n) is 5.39. The second kappa shape index (κ2) is 7.83. The number of rotatable bonds is 6. The van der Waals surface area contributed by atoms with Crippen molar-refractivity contribution in [1.82, 2.24) is 5.32 Å². The average molecular weight is 273 g/mol. The molecule has 1 aliphatic carbocycles. The van der Waals surface area contributed by atoms with Crippen molar-refractivity contribution < 1.29 is 0 Å². The normalized spacial score (nSPS) is 24.6. The molecule has 1 saturated carbocycles. The van der Waals surface area contributed by atoms with Crippen LogP contribution in [0.4, 0.5) is 0 Å². The lowest BCUT2D eigenvalue weighted by Crippen LogP contribution is -2.36. The molecule has 1 aliphatic rings. The minimum Gasteiger partial charge on any atom is -0.317 e. The fraction of sp³-hybridized carbons (Fsp3) is 0.684. The number of hydrogen-bond acceptors (Lipinski definition) is 1. The maximum Gasteiger partial charge on any atom is 0.00954 e. The second-order valence-corrected chi connectivity index (χ2v) is 6.55. The lowest BCUT2D eigenvalue weighted by Gasteiger charge is -2.33. The van der Waals surface area contributed by atoms with Crippen LogP contribution in [0.5, 0.6) is 0 Å². The first-order chi connectivity index (χ1) is 9.74. The first-order valence-corrected chi connectivity index (χ1v) is 8.46. The highest BCUT2D eigenvalue weighted by atomic mass is 14.9. The SMILES string of the molecule is CCC1CCC(C(CCc2ccccc2C)NC)CC1. The standard InChI is InChI=1S/C19H31N/c1-4-16-9-11-18(12-10-16)19(20-3)14-13-17-8-6-5-7-15(17)2/h5-8,16,18-20H,4,9-14H2,1-3H3. The van der Waals surface area contributed by atoms with Gasteiger partial charge < -0.3 is 5.32 Å². The highest BCUT2D eigenvalue weighted by Gasteiger charge is 2.25. The molecule has 1 aromatic rings. The smallest absolute Gasteiger partial charge is 0.00954 e. The number of benzene rings is 1. The van der Waals surface area contributed by atoms with Crippen LogP contribution in [0, 0.1) is 18.8 Å². The van der Waals surface area contributed by atoms with E-state index in [0.29, 0.717) is 6.04 Å².